The highest BCUT2D eigenvalue weighted by molar-refractivity contribution is 8.15. The number of hydrogen-bond acceptors (Lipinski definition) is 5. The lowest BCUT2D eigenvalue weighted by Gasteiger charge is -1.79. The third kappa shape index (κ3) is 1.60. The standard InChI is InChI=1S/C2HClN2O2S2/c3-9(6,7)2-1-4-5-8-2/h1H. The molecule has 0 bridgehead atoms. The minimum atomic E-state index is -3.59. The summed E-state index contributed by atoms with van der Waals surface area (Å²) < 4.78 is 24.1. The molecule has 0 N–H and O–H groups in total. The average Bonchev–Trinajstić information content (AvgIpc) is 2.08. The van der Waals surface area contributed by atoms with Crippen LogP contribution < -0.4 is 0 Å². The van der Waals surface area contributed by atoms with Gasteiger partial charge in [-0.2, -0.15) is 0 Å². The van der Waals surface area contributed by atoms with E-state index < -0.39 is 9.05 Å². The first-order valence-electron chi connectivity index (χ1n) is 1.83. The fourth-order valence-electron chi connectivity index (χ4n) is 0.266. The predicted octanol–water partition coefficient (Wildman–Crippen LogP) is 0.466. The van der Waals surface area contributed by atoms with Crippen LogP contribution in [0.5, 0.6) is 0 Å². The molecule has 0 atom stereocenters. The molecular formula is C2HClN2O2S2. The van der Waals surface area contributed by atoms with Crippen molar-refractivity contribution in [2.75, 3.05) is 0 Å². The topological polar surface area (TPSA) is 59.9 Å². The molecule has 1 rings (SSSR count). The van der Waals surface area contributed by atoms with Crippen molar-refractivity contribution < 1.29 is 8.42 Å². The Morgan fingerprint density at radius 3 is 2.56 bits per heavy atom. The number of aromatic nitrogens is 2. The van der Waals surface area contributed by atoms with Gasteiger partial charge in [-0.25, -0.2) is 8.42 Å². The van der Waals surface area contributed by atoms with Gasteiger partial charge in [-0.05, 0) is 0 Å². The Balaban J connectivity index is 3.20. The van der Waals surface area contributed by atoms with Crippen molar-refractivity contribution in [1.29, 1.82) is 0 Å². The molecule has 7 heteroatoms. The molecule has 50 valence electrons. The fraction of sp³-hybridized carbons (Fsp3) is 0. The minimum Gasteiger partial charge on any atom is -0.206 e. The maximum absolute atomic E-state index is 10.4. The SMILES string of the molecule is O=S(=O)(Cl)c1cnns1. The monoisotopic (exact) mass is 184 g/mol. The molecule has 0 aliphatic carbocycles. The zero-order chi connectivity index (χ0) is 6.91. The van der Waals surface area contributed by atoms with E-state index in [2.05, 4.69) is 9.59 Å². The smallest absolute Gasteiger partial charge is 0.206 e. The number of hydrogen-bond donors (Lipinski definition) is 0. The maximum atomic E-state index is 10.4. The van der Waals surface area contributed by atoms with Crippen molar-refractivity contribution in [3.05, 3.63) is 6.20 Å². The van der Waals surface area contributed by atoms with Crippen LogP contribution in [0.2, 0.25) is 0 Å². The van der Waals surface area contributed by atoms with Gasteiger partial charge in [0.2, 0.25) is 0 Å². The van der Waals surface area contributed by atoms with Crippen LogP contribution in [-0.4, -0.2) is 18.0 Å². The summed E-state index contributed by atoms with van der Waals surface area (Å²) in [5, 5.41) is 3.29. The molecule has 0 aromatic carbocycles. The molecule has 1 aromatic rings. The fourth-order valence-corrected chi connectivity index (χ4v) is 1.54. The summed E-state index contributed by atoms with van der Waals surface area (Å²) in [4.78, 5) is 0. The van der Waals surface area contributed by atoms with E-state index in [0.29, 0.717) is 0 Å². The molecule has 0 aliphatic rings. The summed E-state index contributed by atoms with van der Waals surface area (Å²) in [6, 6.07) is 0. The van der Waals surface area contributed by atoms with E-state index in [4.69, 9.17) is 10.7 Å². The van der Waals surface area contributed by atoms with Crippen LogP contribution in [0.1, 0.15) is 0 Å². The van der Waals surface area contributed by atoms with Crippen molar-refractivity contribution in [1.82, 2.24) is 9.59 Å². The van der Waals surface area contributed by atoms with Crippen LogP contribution in [-0.2, 0) is 9.05 Å². The van der Waals surface area contributed by atoms with E-state index in [1.165, 1.54) is 0 Å². The minimum absolute atomic E-state index is 0.0239. The van der Waals surface area contributed by atoms with Gasteiger partial charge in [0.15, 0.2) is 4.21 Å². The van der Waals surface area contributed by atoms with Crippen LogP contribution in [0.15, 0.2) is 10.4 Å². The highest BCUT2D eigenvalue weighted by atomic mass is 35.7. The highest BCUT2D eigenvalue weighted by Gasteiger charge is 2.11. The third-order valence-electron chi connectivity index (χ3n) is 0.581. The van der Waals surface area contributed by atoms with Crippen LogP contribution in [0.3, 0.4) is 0 Å². The van der Waals surface area contributed by atoms with Crippen LogP contribution in [0.25, 0.3) is 0 Å². The Hall–Kier alpha value is -0.200. The van der Waals surface area contributed by atoms with Gasteiger partial charge in [-0.15, -0.1) is 5.10 Å². The van der Waals surface area contributed by atoms with Crippen molar-refractivity contribution >= 4 is 31.3 Å². The molecule has 0 saturated heterocycles. The van der Waals surface area contributed by atoms with Crippen LogP contribution in [0.4, 0.5) is 0 Å². The van der Waals surface area contributed by atoms with E-state index in [1.54, 1.807) is 0 Å². The Labute approximate surface area is 60.1 Å². The Bertz CT molecular complexity index is 278. The normalized spacial score (nSPS) is 11.7. The predicted molar refractivity (Wildman–Crippen MR) is 32.9 cm³/mol. The molecule has 0 radical (unpaired) electrons. The quantitative estimate of drug-likeness (QED) is 0.596. The summed E-state index contributed by atoms with van der Waals surface area (Å²) in [7, 11) is 1.31. The molecule has 0 aliphatic heterocycles. The van der Waals surface area contributed by atoms with Gasteiger partial charge in [-0.3, -0.25) is 0 Å². The molecule has 0 saturated carbocycles. The molecule has 1 heterocycles. The van der Waals surface area contributed by atoms with E-state index in [0.717, 1.165) is 17.7 Å². The lowest BCUT2D eigenvalue weighted by atomic mass is 11.0. The summed E-state index contributed by atoms with van der Waals surface area (Å²) in [5.74, 6) is 0. The first-order chi connectivity index (χ1) is 4.11. The van der Waals surface area contributed by atoms with E-state index in [1.807, 2.05) is 0 Å². The van der Waals surface area contributed by atoms with E-state index >= 15 is 0 Å². The number of nitrogens with zero attached hydrogens (tertiary/aromatic N) is 2. The molecule has 0 spiro atoms. The second-order valence-electron chi connectivity index (χ2n) is 1.17. The lowest BCUT2D eigenvalue weighted by Crippen LogP contribution is -1.83. The maximum Gasteiger partial charge on any atom is 0.273 e. The molecule has 9 heavy (non-hydrogen) atoms. The molecule has 0 unspecified atom stereocenters. The van der Waals surface area contributed by atoms with Gasteiger partial charge in [0.25, 0.3) is 9.05 Å². The van der Waals surface area contributed by atoms with Gasteiger partial charge < -0.3 is 0 Å². The van der Waals surface area contributed by atoms with Gasteiger partial charge in [-0.1, -0.05) is 4.49 Å². The van der Waals surface area contributed by atoms with E-state index in [9.17, 15) is 8.42 Å². The second kappa shape index (κ2) is 2.20. The van der Waals surface area contributed by atoms with Crippen molar-refractivity contribution in [2.24, 2.45) is 0 Å². The number of rotatable bonds is 1. The lowest BCUT2D eigenvalue weighted by molar-refractivity contribution is 0.611. The zero-order valence-corrected chi connectivity index (χ0v) is 6.37. The van der Waals surface area contributed by atoms with Crippen LogP contribution in [0, 0.1) is 0 Å². The average molecular weight is 185 g/mol. The van der Waals surface area contributed by atoms with Crippen LogP contribution >= 0.6 is 22.2 Å². The largest absolute Gasteiger partial charge is 0.273 e. The molecular weight excluding hydrogens is 184 g/mol. The summed E-state index contributed by atoms with van der Waals surface area (Å²) in [5.41, 5.74) is 0. The Kier molecular flexibility index (Phi) is 1.69. The molecule has 4 nitrogen and oxygen atoms in total. The van der Waals surface area contributed by atoms with Crippen molar-refractivity contribution in [3.63, 3.8) is 0 Å². The van der Waals surface area contributed by atoms with Gasteiger partial charge in [0.1, 0.15) is 0 Å². The van der Waals surface area contributed by atoms with E-state index in [-0.39, 0.29) is 4.21 Å². The van der Waals surface area contributed by atoms with Crippen molar-refractivity contribution in [3.8, 4) is 0 Å². The summed E-state index contributed by atoms with van der Waals surface area (Å²) >= 11 is 0.749. The molecule has 0 amide bonds. The first-order valence-corrected chi connectivity index (χ1v) is 4.91. The first kappa shape index (κ1) is 6.91. The van der Waals surface area contributed by atoms with Gasteiger partial charge in [0, 0.05) is 22.2 Å². The highest BCUT2D eigenvalue weighted by Crippen LogP contribution is 2.15. The summed E-state index contributed by atoms with van der Waals surface area (Å²) in [6.45, 7) is 0. The zero-order valence-electron chi connectivity index (χ0n) is 3.98. The second-order valence-corrected chi connectivity index (χ2v) is 4.75. The van der Waals surface area contributed by atoms with Gasteiger partial charge >= 0.3 is 0 Å². The third-order valence-corrected chi connectivity index (χ3v) is 3.28. The number of halogens is 1. The Morgan fingerprint density at radius 1 is 1.67 bits per heavy atom. The Morgan fingerprint density at radius 2 is 2.33 bits per heavy atom. The summed E-state index contributed by atoms with van der Waals surface area (Å²) in [6.07, 6.45) is 1.10. The molecule has 1 aromatic heterocycles. The molecule has 0 fully saturated rings. The van der Waals surface area contributed by atoms with Gasteiger partial charge in [0.05, 0.1) is 6.20 Å². The van der Waals surface area contributed by atoms with Crippen molar-refractivity contribution in [2.45, 2.75) is 4.21 Å².